The van der Waals surface area contributed by atoms with Crippen molar-refractivity contribution in [3.05, 3.63) is 101 Å². The Labute approximate surface area is 207 Å². The Kier molecular flexibility index (Phi) is 6.45. The third-order valence-electron chi connectivity index (χ3n) is 5.39. The molecule has 0 aromatic heterocycles. The molecule has 5 rings (SSSR count). The Hall–Kier alpha value is -4.17. The molecule has 0 aliphatic carbocycles. The van der Waals surface area contributed by atoms with Crippen molar-refractivity contribution in [2.45, 2.75) is 6.92 Å². The predicted molar refractivity (Wildman–Crippen MR) is 139 cm³/mol. The molecule has 0 radical (unpaired) electrons. The van der Waals surface area contributed by atoms with Gasteiger partial charge in [0, 0.05) is 5.56 Å². The third kappa shape index (κ3) is 5.02. The number of aliphatic imine (C=N–C) groups is 1. The molecule has 0 spiro atoms. The second-order valence-corrected chi connectivity index (χ2v) is 8.78. The Balaban J connectivity index is 1.25. The highest BCUT2D eigenvalue weighted by Gasteiger charge is 2.36. The van der Waals surface area contributed by atoms with E-state index in [1.54, 1.807) is 6.08 Å². The minimum absolute atomic E-state index is 0.00877. The molecule has 7 nitrogen and oxygen atoms in total. The predicted octanol–water partition coefficient (Wildman–Crippen LogP) is 5.12. The fourth-order valence-electron chi connectivity index (χ4n) is 3.58. The summed E-state index contributed by atoms with van der Waals surface area (Å²) in [5.74, 6) is 1.05. The molecular formula is C27H22N4O3S. The van der Waals surface area contributed by atoms with Crippen molar-refractivity contribution in [1.29, 1.82) is 5.41 Å². The van der Waals surface area contributed by atoms with Gasteiger partial charge in [0.2, 0.25) is 5.17 Å². The molecule has 3 aromatic carbocycles. The van der Waals surface area contributed by atoms with Gasteiger partial charge in [-0.3, -0.25) is 10.2 Å². The number of aryl methyl sites for hydroxylation is 1. The molecule has 0 unspecified atom stereocenters. The van der Waals surface area contributed by atoms with Gasteiger partial charge in [-0.2, -0.15) is 15.1 Å². The SMILES string of the molecule is Cc1ccccc1C1=NN2C(=N)/C(=C/c3ccc(OCCOc4ccccc4)cc3)C(=O)N=C2S1. The van der Waals surface area contributed by atoms with Crippen LogP contribution in [0.5, 0.6) is 11.5 Å². The standard InChI is InChI=1S/C27H22N4O3S/c1-18-7-5-6-10-22(18)26-30-31-24(28)23(25(32)29-27(31)35-26)17-19-11-13-21(14-12-19)34-16-15-33-20-8-3-2-4-9-20/h2-14,17,28H,15-16H2,1H3/b23-17-,28-24?. The number of fused-ring (bicyclic) bond motifs is 1. The summed E-state index contributed by atoms with van der Waals surface area (Å²) in [5.41, 5.74) is 2.99. The monoisotopic (exact) mass is 482 g/mol. The summed E-state index contributed by atoms with van der Waals surface area (Å²) in [7, 11) is 0. The lowest BCUT2D eigenvalue weighted by Gasteiger charge is -2.20. The maximum atomic E-state index is 12.7. The van der Waals surface area contributed by atoms with E-state index in [-0.39, 0.29) is 11.4 Å². The highest BCUT2D eigenvalue weighted by Crippen LogP contribution is 2.31. The number of hydrogen-bond acceptors (Lipinski definition) is 6. The van der Waals surface area contributed by atoms with Crippen LogP contribution in [0.25, 0.3) is 6.08 Å². The van der Waals surface area contributed by atoms with E-state index in [1.165, 1.54) is 16.8 Å². The van der Waals surface area contributed by atoms with E-state index >= 15 is 0 Å². The van der Waals surface area contributed by atoms with Crippen LogP contribution in [0.15, 0.2) is 94.5 Å². The van der Waals surface area contributed by atoms with Gasteiger partial charge in [0.1, 0.15) is 29.8 Å². The van der Waals surface area contributed by atoms with E-state index in [9.17, 15) is 4.79 Å². The number of benzene rings is 3. The zero-order chi connectivity index (χ0) is 24.2. The van der Waals surface area contributed by atoms with Crippen molar-refractivity contribution in [2.24, 2.45) is 10.1 Å². The van der Waals surface area contributed by atoms with Crippen molar-refractivity contribution in [2.75, 3.05) is 13.2 Å². The van der Waals surface area contributed by atoms with Crippen molar-refractivity contribution >= 4 is 39.8 Å². The number of rotatable bonds is 7. The first-order valence-corrected chi connectivity index (χ1v) is 11.9. The van der Waals surface area contributed by atoms with Gasteiger partial charge in [-0.1, -0.05) is 54.6 Å². The van der Waals surface area contributed by atoms with Gasteiger partial charge in [-0.25, -0.2) is 0 Å². The van der Waals surface area contributed by atoms with E-state index in [0.29, 0.717) is 24.1 Å². The highest BCUT2D eigenvalue weighted by molar-refractivity contribution is 8.27. The summed E-state index contributed by atoms with van der Waals surface area (Å²) in [6, 6.07) is 24.8. The van der Waals surface area contributed by atoms with Gasteiger partial charge in [0.05, 0.1) is 5.57 Å². The summed E-state index contributed by atoms with van der Waals surface area (Å²) in [4.78, 5) is 16.9. The van der Waals surface area contributed by atoms with E-state index in [0.717, 1.165) is 27.5 Å². The first kappa shape index (κ1) is 22.6. The fraction of sp³-hybridized carbons (Fsp3) is 0.111. The molecule has 8 heteroatoms. The topological polar surface area (TPSA) is 87.3 Å². The number of ether oxygens (including phenoxy) is 2. The Morgan fingerprint density at radius 3 is 2.29 bits per heavy atom. The van der Waals surface area contributed by atoms with Crippen molar-refractivity contribution < 1.29 is 14.3 Å². The second-order valence-electron chi connectivity index (χ2n) is 7.82. The van der Waals surface area contributed by atoms with Gasteiger partial charge >= 0.3 is 0 Å². The molecule has 1 amide bonds. The molecule has 1 N–H and O–H groups in total. The summed E-state index contributed by atoms with van der Waals surface area (Å²) < 4.78 is 11.4. The van der Waals surface area contributed by atoms with E-state index in [1.807, 2.05) is 85.8 Å². The number of para-hydroxylation sites is 1. The zero-order valence-electron chi connectivity index (χ0n) is 19.0. The lowest BCUT2D eigenvalue weighted by atomic mass is 10.1. The quantitative estimate of drug-likeness (QED) is 0.373. The molecule has 35 heavy (non-hydrogen) atoms. The lowest BCUT2D eigenvalue weighted by Crippen LogP contribution is -2.35. The molecule has 2 aliphatic rings. The lowest BCUT2D eigenvalue weighted by molar-refractivity contribution is -0.114. The summed E-state index contributed by atoms with van der Waals surface area (Å²) >= 11 is 1.30. The molecule has 174 valence electrons. The fourth-order valence-corrected chi connectivity index (χ4v) is 4.56. The van der Waals surface area contributed by atoms with Gasteiger partial charge in [0.15, 0.2) is 5.84 Å². The van der Waals surface area contributed by atoms with E-state index in [4.69, 9.17) is 14.9 Å². The Bertz CT molecular complexity index is 1360. The summed E-state index contributed by atoms with van der Waals surface area (Å²) in [6.07, 6.45) is 1.65. The van der Waals surface area contributed by atoms with Crippen LogP contribution in [0.3, 0.4) is 0 Å². The molecular weight excluding hydrogens is 460 g/mol. The van der Waals surface area contributed by atoms with Gasteiger partial charge in [0.25, 0.3) is 5.91 Å². The van der Waals surface area contributed by atoms with Crippen LogP contribution in [0, 0.1) is 12.3 Å². The van der Waals surface area contributed by atoms with Crippen LogP contribution in [0.1, 0.15) is 16.7 Å². The smallest absolute Gasteiger partial charge is 0.283 e. The highest BCUT2D eigenvalue weighted by atomic mass is 32.2. The molecule has 2 heterocycles. The summed E-state index contributed by atoms with van der Waals surface area (Å²) in [6.45, 7) is 2.84. The maximum Gasteiger partial charge on any atom is 0.283 e. The molecule has 0 saturated heterocycles. The first-order chi connectivity index (χ1) is 17.1. The average Bonchev–Trinajstić information content (AvgIpc) is 3.30. The Morgan fingerprint density at radius 1 is 0.914 bits per heavy atom. The van der Waals surface area contributed by atoms with E-state index in [2.05, 4.69) is 10.1 Å². The molecule has 0 atom stereocenters. The minimum Gasteiger partial charge on any atom is -0.490 e. The zero-order valence-corrected chi connectivity index (χ0v) is 19.8. The first-order valence-electron chi connectivity index (χ1n) is 11.1. The number of carbonyl (C=O) groups excluding carboxylic acids is 1. The molecule has 2 aliphatic heterocycles. The third-order valence-corrected chi connectivity index (χ3v) is 6.33. The van der Waals surface area contributed by atoms with Crippen LogP contribution in [-0.4, -0.2) is 40.2 Å². The van der Waals surface area contributed by atoms with Crippen LogP contribution < -0.4 is 9.47 Å². The molecule has 3 aromatic rings. The summed E-state index contributed by atoms with van der Waals surface area (Å²) in [5, 5.41) is 15.7. The van der Waals surface area contributed by atoms with Gasteiger partial charge in [-0.15, -0.1) is 0 Å². The average molecular weight is 483 g/mol. The Morgan fingerprint density at radius 2 is 1.57 bits per heavy atom. The maximum absolute atomic E-state index is 12.7. The number of thioether (sulfide) groups is 1. The van der Waals surface area contributed by atoms with E-state index < -0.39 is 5.91 Å². The molecule has 0 fully saturated rings. The van der Waals surface area contributed by atoms with Crippen molar-refractivity contribution in [3.8, 4) is 11.5 Å². The number of hydrazone groups is 1. The van der Waals surface area contributed by atoms with Gasteiger partial charge < -0.3 is 9.47 Å². The van der Waals surface area contributed by atoms with Crippen molar-refractivity contribution in [3.63, 3.8) is 0 Å². The van der Waals surface area contributed by atoms with Crippen LogP contribution in [-0.2, 0) is 4.79 Å². The number of nitrogens with one attached hydrogen (secondary N) is 1. The van der Waals surface area contributed by atoms with Crippen LogP contribution >= 0.6 is 11.8 Å². The second kappa shape index (κ2) is 9.99. The number of nitrogens with zero attached hydrogens (tertiary/aromatic N) is 3. The van der Waals surface area contributed by atoms with Crippen LogP contribution in [0.4, 0.5) is 0 Å². The molecule has 0 bridgehead atoms. The minimum atomic E-state index is -0.451. The number of amides is 1. The number of hydrogen-bond donors (Lipinski definition) is 1. The van der Waals surface area contributed by atoms with Crippen LogP contribution in [0.2, 0.25) is 0 Å². The number of amidine groups is 2. The van der Waals surface area contributed by atoms with Gasteiger partial charge in [-0.05, 0) is 60.2 Å². The van der Waals surface area contributed by atoms with Crippen molar-refractivity contribution in [1.82, 2.24) is 5.01 Å². The largest absolute Gasteiger partial charge is 0.490 e. The number of carbonyl (C=O) groups is 1. The molecule has 0 saturated carbocycles. The normalized spacial score (nSPS) is 16.1.